The number of hydrogen-bond donors (Lipinski definition) is 1. The van der Waals surface area contributed by atoms with E-state index in [1.807, 2.05) is 6.07 Å². The van der Waals surface area contributed by atoms with Crippen LogP contribution < -0.4 is 15.2 Å². The Hall–Kier alpha value is -3.82. The van der Waals surface area contributed by atoms with Gasteiger partial charge in [0.2, 0.25) is 5.88 Å². The highest BCUT2D eigenvalue weighted by molar-refractivity contribution is 6.31. The summed E-state index contributed by atoms with van der Waals surface area (Å²) in [6, 6.07) is 19.4. The Kier molecular flexibility index (Phi) is 5.13. The zero-order valence-electron chi connectivity index (χ0n) is 15.4. The Labute approximate surface area is 176 Å². The quantitative estimate of drug-likeness (QED) is 0.480. The summed E-state index contributed by atoms with van der Waals surface area (Å²) in [5.74, 6) is -1.67. The predicted molar refractivity (Wildman–Crippen MR) is 109 cm³/mol. The summed E-state index contributed by atoms with van der Waals surface area (Å²) in [4.78, 5) is 12.3. The first-order valence-electron chi connectivity index (χ1n) is 8.92. The summed E-state index contributed by atoms with van der Waals surface area (Å²) in [6.07, 6.45) is 0. The molecular weight excluding hydrogens is 407 g/mol. The molecule has 0 aliphatic carbocycles. The van der Waals surface area contributed by atoms with Crippen LogP contribution in [0.1, 0.15) is 27.4 Å². The minimum atomic E-state index is -0.855. The van der Waals surface area contributed by atoms with Crippen LogP contribution in [0.3, 0.4) is 0 Å². The number of halogens is 2. The van der Waals surface area contributed by atoms with E-state index in [0.29, 0.717) is 11.1 Å². The van der Waals surface area contributed by atoms with E-state index in [-0.39, 0.29) is 33.5 Å². The number of benzene rings is 3. The van der Waals surface area contributed by atoms with Gasteiger partial charge in [-0.3, -0.25) is 0 Å². The molecule has 1 aliphatic rings. The molecule has 0 aromatic heterocycles. The molecule has 1 heterocycles. The normalized spacial score (nSPS) is 15.0. The van der Waals surface area contributed by atoms with Gasteiger partial charge in [-0.15, -0.1) is 0 Å². The van der Waals surface area contributed by atoms with E-state index in [1.165, 1.54) is 24.3 Å². The van der Waals surface area contributed by atoms with Crippen LogP contribution in [0, 0.1) is 17.1 Å². The van der Waals surface area contributed by atoms with Gasteiger partial charge >= 0.3 is 5.97 Å². The third-order valence-corrected chi connectivity index (χ3v) is 5.03. The molecule has 1 atom stereocenters. The monoisotopic (exact) mass is 420 g/mol. The second-order valence-corrected chi connectivity index (χ2v) is 6.92. The molecule has 1 aliphatic heterocycles. The molecule has 5 nitrogen and oxygen atoms in total. The predicted octanol–water partition coefficient (Wildman–Crippen LogP) is 4.92. The lowest BCUT2D eigenvalue weighted by molar-refractivity contribution is 0.0734. The first-order chi connectivity index (χ1) is 14.5. The summed E-state index contributed by atoms with van der Waals surface area (Å²) in [7, 11) is 0. The zero-order chi connectivity index (χ0) is 21.3. The van der Waals surface area contributed by atoms with Crippen LogP contribution >= 0.6 is 11.6 Å². The molecule has 7 heteroatoms. The maximum Gasteiger partial charge on any atom is 0.343 e. The Bertz CT molecular complexity index is 1200. The number of esters is 1. The Morgan fingerprint density at radius 3 is 2.60 bits per heavy atom. The number of ether oxygens (including phenoxy) is 2. The maximum absolute atomic E-state index is 14.6. The van der Waals surface area contributed by atoms with Gasteiger partial charge in [-0.05, 0) is 30.3 Å². The lowest BCUT2D eigenvalue weighted by atomic mass is 9.83. The summed E-state index contributed by atoms with van der Waals surface area (Å²) < 4.78 is 25.6. The highest BCUT2D eigenvalue weighted by Crippen LogP contribution is 2.46. The second kappa shape index (κ2) is 7.90. The smallest absolute Gasteiger partial charge is 0.343 e. The van der Waals surface area contributed by atoms with E-state index in [1.54, 1.807) is 42.5 Å². The van der Waals surface area contributed by atoms with Crippen molar-refractivity contribution in [3.8, 4) is 17.6 Å². The van der Waals surface area contributed by atoms with Gasteiger partial charge in [0.15, 0.2) is 0 Å². The number of nitriles is 1. The van der Waals surface area contributed by atoms with Gasteiger partial charge in [0.25, 0.3) is 0 Å². The van der Waals surface area contributed by atoms with Crippen LogP contribution in [-0.4, -0.2) is 5.97 Å². The van der Waals surface area contributed by atoms with Gasteiger partial charge in [0, 0.05) is 22.2 Å². The number of nitrogens with two attached hydrogens (primary N) is 1. The van der Waals surface area contributed by atoms with Crippen molar-refractivity contribution in [2.24, 2.45) is 5.73 Å². The fourth-order valence-corrected chi connectivity index (χ4v) is 3.59. The number of fused-ring (bicyclic) bond motifs is 1. The maximum atomic E-state index is 14.6. The minimum absolute atomic E-state index is 0.0449. The van der Waals surface area contributed by atoms with E-state index in [0.717, 1.165) is 0 Å². The molecule has 0 spiro atoms. The van der Waals surface area contributed by atoms with Crippen LogP contribution in [0.15, 0.2) is 78.2 Å². The lowest BCUT2D eigenvalue weighted by Crippen LogP contribution is -2.22. The molecular formula is C23H14ClFN2O3. The van der Waals surface area contributed by atoms with Crippen molar-refractivity contribution in [3.05, 3.63) is 106 Å². The topological polar surface area (TPSA) is 85.3 Å². The summed E-state index contributed by atoms with van der Waals surface area (Å²) in [5, 5.41) is 9.76. The Morgan fingerprint density at radius 2 is 1.90 bits per heavy atom. The van der Waals surface area contributed by atoms with Gasteiger partial charge in [-0.1, -0.05) is 41.9 Å². The number of carbonyl (C=O) groups excluding carboxylic acids is 1. The Balaban J connectivity index is 1.76. The molecule has 4 rings (SSSR count). The molecule has 2 N–H and O–H groups in total. The minimum Gasteiger partial charge on any atom is -0.440 e. The molecule has 0 radical (unpaired) electrons. The van der Waals surface area contributed by atoms with Crippen molar-refractivity contribution in [2.45, 2.75) is 5.92 Å². The number of nitrogens with zero attached hydrogens (tertiary/aromatic N) is 1. The van der Waals surface area contributed by atoms with Crippen molar-refractivity contribution >= 4 is 17.6 Å². The van der Waals surface area contributed by atoms with Crippen molar-refractivity contribution in [1.82, 2.24) is 0 Å². The van der Waals surface area contributed by atoms with Gasteiger partial charge in [-0.2, -0.15) is 5.26 Å². The van der Waals surface area contributed by atoms with Crippen LogP contribution in [0.2, 0.25) is 5.02 Å². The summed E-state index contributed by atoms with van der Waals surface area (Å²) in [6.45, 7) is 0. The van der Waals surface area contributed by atoms with Crippen LogP contribution in [0.5, 0.6) is 11.5 Å². The molecule has 0 fully saturated rings. The van der Waals surface area contributed by atoms with Crippen molar-refractivity contribution in [3.63, 3.8) is 0 Å². The summed E-state index contributed by atoms with van der Waals surface area (Å²) in [5.41, 5.74) is 6.97. The average Bonchev–Trinajstić information content (AvgIpc) is 2.74. The second-order valence-electron chi connectivity index (χ2n) is 6.52. The van der Waals surface area contributed by atoms with Crippen LogP contribution in [0.25, 0.3) is 0 Å². The largest absolute Gasteiger partial charge is 0.440 e. The van der Waals surface area contributed by atoms with Crippen molar-refractivity contribution < 1.29 is 18.7 Å². The third kappa shape index (κ3) is 3.47. The molecule has 0 saturated carbocycles. The first kappa shape index (κ1) is 19.5. The van der Waals surface area contributed by atoms with Crippen molar-refractivity contribution in [1.29, 1.82) is 5.26 Å². The zero-order valence-corrected chi connectivity index (χ0v) is 16.2. The highest BCUT2D eigenvalue weighted by Gasteiger charge is 2.34. The molecule has 148 valence electrons. The van der Waals surface area contributed by atoms with Crippen LogP contribution in [0.4, 0.5) is 4.39 Å². The Morgan fingerprint density at radius 1 is 1.13 bits per heavy atom. The van der Waals surface area contributed by atoms with Gasteiger partial charge < -0.3 is 15.2 Å². The third-order valence-electron chi connectivity index (χ3n) is 4.70. The van der Waals surface area contributed by atoms with E-state index in [4.69, 9.17) is 26.8 Å². The number of allylic oxidation sites excluding steroid dienone is 1. The molecule has 30 heavy (non-hydrogen) atoms. The van der Waals surface area contributed by atoms with E-state index in [9.17, 15) is 14.4 Å². The highest BCUT2D eigenvalue weighted by atomic mass is 35.5. The number of carbonyl (C=O) groups is 1. The van der Waals surface area contributed by atoms with Crippen molar-refractivity contribution in [2.75, 3.05) is 0 Å². The lowest BCUT2D eigenvalue weighted by Gasteiger charge is -2.27. The fraction of sp³-hybridized carbons (Fsp3) is 0.0435. The molecule has 0 bridgehead atoms. The summed E-state index contributed by atoms with van der Waals surface area (Å²) >= 11 is 6.24. The van der Waals surface area contributed by atoms with E-state index >= 15 is 0 Å². The SMILES string of the molecule is N#CC1=C(N)Oc2cc(OC(=O)c3ccccc3)ccc2[C@H]1c1c(F)cccc1Cl. The number of hydrogen-bond acceptors (Lipinski definition) is 5. The standard InChI is InChI=1S/C23H14ClFN2O3/c24-17-7-4-8-18(25)21(17)20-15-10-9-14(11-19(15)30-22(27)16(20)12-26)29-23(28)13-5-2-1-3-6-13/h1-11,20H,27H2/t20-/m1/s1. The molecule has 3 aromatic rings. The first-order valence-corrected chi connectivity index (χ1v) is 9.30. The molecule has 0 amide bonds. The van der Waals surface area contributed by atoms with E-state index in [2.05, 4.69) is 0 Å². The fourth-order valence-electron chi connectivity index (χ4n) is 3.32. The van der Waals surface area contributed by atoms with Gasteiger partial charge in [0.1, 0.15) is 29.0 Å². The van der Waals surface area contributed by atoms with Gasteiger partial charge in [0.05, 0.1) is 11.5 Å². The molecule has 0 saturated heterocycles. The van der Waals surface area contributed by atoms with Gasteiger partial charge in [-0.25, -0.2) is 9.18 Å². The average molecular weight is 421 g/mol. The number of rotatable bonds is 3. The molecule has 0 unspecified atom stereocenters. The van der Waals surface area contributed by atoms with Crippen LogP contribution in [-0.2, 0) is 0 Å². The van der Waals surface area contributed by atoms with E-state index < -0.39 is 17.7 Å². The molecule has 3 aromatic carbocycles.